The molecule has 1 aromatic heterocycles. The first kappa shape index (κ1) is 11.6. The van der Waals surface area contributed by atoms with Gasteiger partial charge < -0.3 is 9.80 Å². The zero-order valence-electron chi connectivity index (χ0n) is 9.22. The second-order valence-corrected chi connectivity index (χ2v) is 3.97. The van der Waals surface area contributed by atoms with Crippen molar-refractivity contribution in [2.24, 2.45) is 0 Å². The van der Waals surface area contributed by atoms with Gasteiger partial charge in [-0.1, -0.05) is 0 Å². The zero-order chi connectivity index (χ0) is 12.4. The van der Waals surface area contributed by atoms with Gasteiger partial charge in [0, 0.05) is 20.0 Å². The third-order valence-electron chi connectivity index (χ3n) is 2.61. The van der Waals surface area contributed by atoms with Crippen LogP contribution in [0.1, 0.15) is 6.42 Å². The summed E-state index contributed by atoms with van der Waals surface area (Å²) in [6, 6.07) is 2.05. The van der Waals surface area contributed by atoms with Crippen LogP contribution in [-0.2, 0) is 4.79 Å². The van der Waals surface area contributed by atoms with Gasteiger partial charge in [0.1, 0.15) is 12.2 Å². The van der Waals surface area contributed by atoms with Crippen molar-refractivity contribution >= 4 is 29.0 Å². The maximum absolute atomic E-state index is 11.7. The number of carbonyl (C=O) groups is 1. The van der Waals surface area contributed by atoms with Crippen LogP contribution < -0.4 is 9.80 Å². The van der Waals surface area contributed by atoms with Gasteiger partial charge in [0.2, 0.25) is 11.2 Å². The molecule has 0 fully saturated rings. The van der Waals surface area contributed by atoms with E-state index in [-0.39, 0.29) is 17.7 Å². The summed E-state index contributed by atoms with van der Waals surface area (Å²) in [6.07, 6.45) is 1.84. The van der Waals surface area contributed by atoms with E-state index in [0.29, 0.717) is 24.5 Å². The second kappa shape index (κ2) is 4.55. The van der Waals surface area contributed by atoms with Crippen molar-refractivity contribution in [1.29, 1.82) is 5.26 Å². The van der Waals surface area contributed by atoms with Crippen molar-refractivity contribution in [2.75, 3.05) is 29.9 Å². The maximum atomic E-state index is 11.7. The number of anilines is 2. The SMILES string of the molecule is CN1C(=O)CCN(CC#N)c2nc(Cl)ncc21. The fraction of sp³-hybridized carbons (Fsp3) is 0.400. The zero-order valence-corrected chi connectivity index (χ0v) is 9.98. The van der Waals surface area contributed by atoms with E-state index in [1.165, 1.54) is 11.1 Å². The Morgan fingerprint density at radius 2 is 2.41 bits per heavy atom. The maximum Gasteiger partial charge on any atom is 0.228 e. The number of hydrogen-bond acceptors (Lipinski definition) is 5. The molecule has 0 radical (unpaired) electrons. The second-order valence-electron chi connectivity index (χ2n) is 3.63. The van der Waals surface area contributed by atoms with Crippen molar-refractivity contribution < 1.29 is 4.79 Å². The predicted molar refractivity (Wildman–Crippen MR) is 62.9 cm³/mol. The topological polar surface area (TPSA) is 73.1 Å². The van der Waals surface area contributed by atoms with Crippen LogP contribution in [0.4, 0.5) is 11.5 Å². The molecule has 2 heterocycles. The van der Waals surface area contributed by atoms with Crippen LogP contribution in [-0.4, -0.2) is 36.0 Å². The van der Waals surface area contributed by atoms with Gasteiger partial charge in [-0.15, -0.1) is 0 Å². The molecule has 88 valence electrons. The number of fused-ring (bicyclic) bond motifs is 1. The lowest BCUT2D eigenvalue weighted by Crippen LogP contribution is -2.26. The Morgan fingerprint density at radius 3 is 3.12 bits per heavy atom. The largest absolute Gasteiger partial charge is 0.341 e. The Morgan fingerprint density at radius 1 is 1.65 bits per heavy atom. The molecule has 0 saturated heterocycles. The molecule has 0 saturated carbocycles. The summed E-state index contributed by atoms with van der Waals surface area (Å²) in [5.74, 6) is 0.498. The summed E-state index contributed by atoms with van der Waals surface area (Å²) < 4.78 is 0. The minimum Gasteiger partial charge on any atom is -0.341 e. The summed E-state index contributed by atoms with van der Waals surface area (Å²) in [5, 5.41) is 8.88. The van der Waals surface area contributed by atoms with E-state index in [4.69, 9.17) is 16.9 Å². The highest BCUT2D eigenvalue weighted by Gasteiger charge is 2.25. The Balaban J connectivity index is 2.51. The fourth-order valence-corrected chi connectivity index (χ4v) is 1.82. The minimum absolute atomic E-state index is 0.0300. The van der Waals surface area contributed by atoms with Crippen molar-refractivity contribution in [3.63, 3.8) is 0 Å². The summed E-state index contributed by atoms with van der Waals surface area (Å²) in [6.45, 7) is 0.624. The van der Waals surface area contributed by atoms with Crippen LogP contribution in [0.25, 0.3) is 0 Å². The van der Waals surface area contributed by atoms with E-state index < -0.39 is 0 Å². The Labute approximate surface area is 103 Å². The normalized spacial score (nSPS) is 15.2. The molecule has 0 aromatic carbocycles. The van der Waals surface area contributed by atoms with Crippen molar-refractivity contribution in [3.8, 4) is 6.07 Å². The molecule has 2 rings (SSSR count). The average Bonchev–Trinajstić information content (AvgIpc) is 2.42. The van der Waals surface area contributed by atoms with E-state index in [9.17, 15) is 4.79 Å². The van der Waals surface area contributed by atoms with Crippen LogP contribution in [0.5, 0.6) is 0 Å². The quantitative estimate of drug-likeness (QED) is 0.546. The first-order valence-corrected chi connectivity index (χ1v) is 5.42. The van der Waals surface area contributed by atoms with Gasteiger partial charge in [0.15, 0.2) is 5.82 Å². The molecule has 1 aliphatic heterocycles. The summed E-state index contributed by atoms with van der Waals surface area (Å²) in [4.78, 5) is 22.9. The molecule has 0 aliphatic carbocycles. The lowest BCUT2D eigenvalue weighted by Gasteiger charge is -2.20. The number of rotatable bonds is 1. The fourth-order valence-electron chi connectivity index (χ4n) is 1.69. The summed E-state index contributed by atoms with van der Waals surface area (Å²) in [5.41, 5.74) is 0.576. The smallest absolute Gasteiger partial charge is 0.228 e. The molecule has 1 aromatic rings. The van der Waals surface area contributed by atoms with E-state index >= 15 is 0 Å². The van der Waals surface area contributed by atoms with Gasteiger partial charge in [-0.3, -0.25) is 4.79 Å². The number of nitrogens with zero attached hydrogens (tertiary/aromatic N) is 5. The van der Waals surface area contributed by atoms with E-state index in [0.717, 1.165) is 0 Å². The molecule has 1 aliphatic rings. The number of nitriles is 1. The molecule has 1 amide bonds. The standard InChI is InChI=1S/C10H10ClN5O/c1-15-7-6-13-10(11)14-9(7)16(5-3-12)4-2-8(15)17/h6H,2,4-5H2,1H3. The van der Waals surface area contributed by atoms with Gasteiger partial charge in [-0.2, -0.15) is 10.2 Å². The average molecular weight is 252 g/mol. The van der Waals surface area contributed by atoms with Crippen molar-refractivity contribution in [1.82, 2.24) is 9.97 Å². The Bertz CT molecular complexity index is 498. The molecule has 7 heteroatoms. The van der Waals surface area contributed by atoms with Crippen LogP contribution in [0.2, 0.25) is 5.28 Å². The molecular weight excluding hydrogens is 242 g/mol. The monoisotopic (exact) mass is 251 g/mol. The molecule has 17 heavy (non-hydrogen) atoms. The first-order chi connectivity index (χ1) is 8.13. The van der Waals surface area contributed by atoms with Gasteiger partial charge in [0.25, 0.3) is 0 Å². The summed E-state index contributed by atoms with van der Waals surface area (Å²) in [7, 11) is 1.66. The highest BCUT2D eigenvalue weighted by Crippen LogP contribution is 2.29. The van der Waals surface area contributed by atoms with E-state index in [2.05, 4.69) is 9.97 Å². The molecule has 0 spiro atoms. The molecule has 0 unspecified atom stereocenters. The number of aromatic nitrogens is 2. The first-order valence-electron chi connectivity index (χ1n) is 5.04. The van der Waals surface area contributed by atoms with Gasteiger partial charge in [0.05, 0.1) is 12.3 Å². The molecule has 6 nitrogen and oxygen atoms in total. The highest BCUT2D eigenvalue weighted by atomic mass is 35.5. The lowest BCUT2D eigenvalue weighted by atomic mass is 10.3. The van der Waals surface area contributed by atoms with Crippen LogP contribution in [0, 0.1) is 11.3 Å². The number of hydrogen-bond donors (Lipinski definition) is 0. The Hall–Kier alpha value is -1.87. The molecule has 0 bridgehead atoms. The summed E-state index contributed by atoms with van der Waals surface area (Å²) >= 11 is 5.74. The van der Waals surface area contributed by atoms with Crippen molar-refractivity contribution in [3.05, 3.63) is 11.5 Å². The van der Waals surface area contributed by atoms with E-state index in [1.807, 2.05) is 6.07 Å². The van der Waals surface area contributed by atoms with Gasteiger partial charge >= 0.3 is 0 Å². The molecule has 0 N–H and O–H groups in total. The Kier molecular flexibility index (Phi) is 3.11. The number of halogens is 1. The van der Waals surface area contributed by atoms with Crippen LogP contribution >= 0.6 is 11.6 Å². The van der Waals surface area contributed by atoms with E-state index in [1.54, 1.807) is 11.9 Å². The molecular formula is C10H10ClN5O. The van der Waals surface area contributed by atoms with Crippen LogP contribution in [0.3, 0.4) is 0 Å². The number of amides is 1. The van der Waals surface area contributed by atoms with Gasteiger partial charge in [-0.25, -0.2) is 4.98 Å². The highest BCUT2D eigenvalue weighted by molar-refractivity contribution is 6.28. The molecule has 0 atom stereocenters. The number of carbonyl (C=O) groups excluding carboxylic acids is 1. The minimum atomic E-state index is -0.0300. The third-order valence-corrected chi connectivity index (χ3v) is 2.79. The van der Waals surface area contributed by atoms with Crippen molar-refractivity contribution in [2.45, 2.75) is 6.42 Å². The predicted octanol–water partition coefficient (Wildman–Crippen LogP) is 0.826. The van der Waals surface area contributed by atoms with Gasteiger partial charge in [-0.05, 0) is 11.6 Å². The third kappa shape index (κ3) is 2.15. The lowest BCUT2D eigenvalue weighted by molar-refractivity contribution is -0.118. The van der Waals surface area contributed by atoms with Crippen LogP contribution in [0.15, 0.2) is 6.20 Å².